The van der Waals surface area contributed by atoms with E-state index in [0.29, 0.717) is 30.6 Å². The lowest BCUT2D eigenvalue weighted by molar-refractivity contribution is -0.130. The van der Waals surface area contributed by atoms with Gasteiger partial charge < -0.3 is 9.42 Å². The van der Waals surface area contributed by atoms with Gasteiger partial charge in [0, 0.05) is 59.0 Å². The predicted molar refractivity (Wildman–Crippen MR) is 106 cm³/mol. The first-order valence-corrected chi connectivity index (χ1v) is 10.1. The van der Waals surface area contributed by atoms with Crippen LogP contribution in [0.15, 0.2) is 10.6 Å². The lowest BCUT2D eigenvalue weighted by Gasteiger charge is -2.27. The van der Waals surface area contributed by atoms with Gasteiger partial charge in [-0.25, -0.2) is 0 Å². The van der Waals surface area contributed by atoms with Crippen LogP contribution in [0, 0.1) is 12.8 Å². The molecule has 1 aliphatic heterocycles. The number of nitrogens with zero attached hydrogens (tertiary/aromatic N) is 6. The van der Waals surface area contributed by atoms with Gasteiger partial charge in [-0.2, -0.15) is 10.1 Å². The molecule has 0 N–H and O–H groups in total. The predicted octanol–water partition coefficient (Wildman–Crippen LogP) is 1.98. The van der Waals surface area contributed by atoms with Crippen LogP contribution in [0.25, 0.3) is 0 Å². The summed E-state index contributed by atoms with van der Waals surface area (Å²) in [4.78, 5) is 21.1. The molecule has 0 radical (unpaired) electrons. The fourth-order valence-corrected chi connectivity index (χ4v) is 3.89. The fourth-order valence-electron chi connectivity index (χ4n) is 3.89. The minimum atomic E-state index is 0.106. The summed E-state index contributed by atoms with van der Waals surface area (Å²) in [5, 5.41) is 8.49. The number of carbonyl (C=O) groups is 1. The van der Waals surface area contributed by atoms with E-state index in [2.05, 4.69) is 40.1 Å². The van der Waals surface area contributed by atoms with Gasteiger partial charge in [-0.3, -0.25) is 14.4 Å². The van der Waals surface area contributed by atoms with Crippen molar-refractivity contribution in [3.8, 4) is 0 Å². The summed E-state index contributed by atoms with van der Waals surface area (Å²) < 4.78 is 7.25. The van der Waals surface area contributed by atoms with Gasteiger partial charge in [0.1, 0.15) is 0 Å². The number of hydrogen-bond donors (Lipinski definition) is 0. The normalized spacial score (nSPS) is 17.6. The summed E-state index contributed by atoms with van der Waals surface area (Å²) in [7, 11) is 1.98. The number of amides is 1. The molecule has 1 amide bonds. The molecular formula is C20H32N6O2. The molecule has 0 aromatic carbocycles. The summed E-state index contributed by atoms with van der Waals surface area (Å²) in [6, 6.07) is 2.36. The summed E-state index contributed by atoms with van der Waals surface area (Å²) in [6.07, 6.45) is 2.40. The van der Waals surface area contributed by atoms with Crippen LogP contribution in [0.1, 0.15) is 50.3 Å². The number of likely N-dealkylation sites (tertiary alicyclic amines) is 1. The van der Waals surface area contributed by atoms with E-state index in [-0.39, 0.29) is 11.9 Å². The molecule has 1 unspecified atom stereocenters. The molecule has 0 spiro atoms. The number of rotatable bonds is 8. The van der Waals surface area contributed by atoms with Crippen molar-refractivity contribution in [3.63, 3.8) is 0 Å². The molecule has 3 rings (SSSR count). The van der Waals surface area contributed by atoms with Crippen LogP contribution < -0.4 is 0 Å². The molecule has 1 aliphatic rings. The fraction of sp³-hybridized carbons (Fsp3) is 0.700. The van der Waals surface area contributed by atoms with E-state index in [1.807, 2.05) is 23.6 Å². The molecule has 1 atom stereocenters. The Labute approximate surface area is 166 Å². The van der Waals surface area contributed by atoms with E-state index in [1.165, 1.54) is 5.69 Å². The first kappa shape index (κ1) is 20.5. The zero-order valence-electron chi connectivity index (χ0n) is 17.7. The van der Waals surface area contributed by atoms with Crippen molar-refractivity contribution in [2.45, 2.75) is 59.5 Å². The number of aromatic nitrogens is 4. The molecule has 3 heterocycles. The number of carbonyl (C=O) groups excluding carboxylic acids is 1. The summed E-state index contributed by atoms with van der Waals surface area (Å²) in [6.45, 7) is 11.3. The second-order valence-corrected chi connectivity index (χ2v) is 8.24. The Morgan fingerprint density at radius 3 is 2.86 bits per heavy atom. The maximum Gasteiger partial charge on any atom is 0.226 e. The maximum absolute atomic E-state index is 12.3. The standard InChI is InChI=1S/C20H32N6O2/c1-14(2)10-20-21-19(23-28-20)7-9-26(16(4)27)17-6-8-25(12-17)13-18-11-15(3)22-24(18)5/h11,14,17H,6-10,12-13H2,1-5H3. The van der Waals surface area contributed by atoms with Gasteiger partial charge in [0.05, 0.1) is 11.4 Å². The maximum atomic E-state index is 12.3. The van der Waals surface area contributed by atoms with Crippen molar-refractivity contribution in [2.24, 2.45) is 13.0 Å². The van der Waals surface area contributed by atoms with Crippen LogP contribution in [0.2, 0.25) is 0 Å². The Hall–Kier alpha value is -2.22. The van der Waals surface area contributed by atoms with E-state index in [1.54, 1.807) is 6.92 Å². The molecule has 154 valence electrons. The van der Waals surface area contributed by atoms with Gasteiger partial charge in [-0.1, -0.05) is 19.0 Å². The highest BCUT2D eigenvalue weighted by atomic mass is 16.5. The van der Waals surface area contributed by atoms with E-state index >= 15 is 0 Å². The Morgan fingerprint density at radius 2 is 2.21 bits per heavy atom. The van der Waals surface area contributed by atoms with Crippen LogP contribution in [0.4, 0.5) is 0 Å². The summed E-state index contributed by atoms with van der Waals surface area (Å²) >= 11 is 0. The van der Waals surface area contributed by atoms with Crippen LogP contribution in [-0.2, 0) is 31.2 Å². The first-order chi connectivity index (χ1) is 13.3. The quantitative estimate of drug-likeness (QED) is 0.688. The van der Waals surface area contributed by atoms with Gasteiger partial charge in [0.25, 0.3) is 0 Å². The molecule has 2 aromatic rings. The summed E-state index contributed by atoms with van der Waals surface area (Å²) in [5.41, 5.74) is 2.24. The van der Waals surface area contributed by atoms with E-state index in [9.17, 15) is 4.79 Å². The minimum absolute atomic E-state index is 0.106. The largest absolute Gasteiger partial charge is 0.339 e. The lowest BCUT2D eigenvalue weighted by Crippen LogP contribution is -2.42. The van der Waals surface area contributed by atoms with Crippen molar-refractivity contribution < 1.29 is 9.32 Å². The zero-order chi connectivity index (χ0) is 20.3. The van der Waals surface area contributed by atoms with E-state index < -0.39 is 0 Å². The highest BCUT2D eigenvalue weighted by Crippen LogP contribution is 2.19. The highest BCUT2D eigenvalue weighted by Gasteiger charge is 2.29. The average molecular weight is 389 g/mol. The average Bonchev–Trinajstić information content (AvgIpc) is 3.30. The molecule has 28 heavy (non-hydrogen) atoms. The van der Waals surface area contributed by atoms with Crippen LogP contribution in [0.5, 0.6) is 0 Å². The lowest BCUT2D eigenvalue weighted by atomic mass is 10.1. The Kier molecular flexibility index (Phi) is 6.49. The minimum Gasteiger partial charge on any atom is -0.339 e. The van der Waals surface area contributed by atoms with Crippen molar-refractivity contribution >= 4 is 5.91 Å². The van der Waals surface area contributed by atoms with E-state index in [4.69, 9.17) is 4.52 Å². The highest BCUT2D eigenvalue weighted by molar-refractivity contribution is 5.73. The molecule has 1 fully saturated rings. The topological polar surface area (TPSA) is 80.3 Å². The van der Waals surface area contributed by atoms with Gasteiger partial charge in [0.15, 0.2) is 5.82 Å². The molecule has 8 heteroatoms. The Balaban J connectivity index is 1.55. The molecular weight excluding hydrogens is 356 g/mol. The third-order valence-corrected chi connectivity index (χ3v) is 5.25. The second-order valence-electron chi connectivity index (χ2n) is 8.24. The molecule has 1 saturated heterocycles. The van der Waals surface area contributed by atoms with Crippen molar-refractivity contribution in [2.75, 3.05) is 19.6 Å². The van der Waals surface area contributed by atoms with Gasteiger partial charge in [-0.05, 0) is 25.3 Å². The smallest absolute Gasteiger partial charge is 0.226 e. The van der Waals surface area contributed by atoms with Gasteiger partial charge in [0.2, 0.25) is 11.8 Å². The monoisotopic (exact) mass is 388 g/mol. The van der Waals surface area contributed by atoms with Crippen LogP contribution in [0.3, 0.4) is 0 Å². The van der Waals surface area contributed by atoms with Crippen molar-refractivity contribution in [1.82, 2.24) is 29.7 Å². The van der Waals surface area contributed by atoms with Gasteiger partial charge in [-0.15, -0.1) is 0 Å². The molecule has 8 nitrogen and oxygen atoms in total. The van der Waals surface area contributed by atoms with Crippen molar-refractivity contribution in [3.05, 3.63) is 29.2 Å². The SMILES string of the molecule is CC(=O)N(CCc1noc(CC(C)C)n1)C1CCN(Cc2cc(C)nn2C)C1. The van der Waals surface area contributed by atoms with Gasteiger partial charge >= 0.3 is 0 Å². The Morgan fingerprint density at radius 1 is 1.43 bits per heavy atom. The molecule has 0 saturated carbocycles. The number of aryl methyl sites for hydroxylation is 2. The molecule has 0 aliphatic carbocycles. The third-order valence-electron chi connectivity index (χ3n) is 5.25. The third kappa shape index (κ3) is 5.19. The number of hydrogen-bond acceptors (Lipinski definition) is 6. The zero-order valence-corrected chi connectivity index (χ0v) is 17.7. The van der Waals surface area contributed by atoms with E-state index in [0.717, 1.165) is 38.2 Å². The van der Waals surface area contributed by atoms with Crippen LogP contribution >= 0.6 is 0 Å². The summed E-state index contributed by atoms with van der Waals surface area (Å²) in [5.74, 6) is 1.95. The molecule has 2 aromatic heterocycles. The molecule has 0 bridgehead atoms. The second kappa shape index (κ2) is 8.86. The van der Waals surface area contributed by atoms with Crippen LogP contribution in [-0.4, -0.2) is 61.3 Å². The Bertz CT molecular complexity index is 796. The van der Waals surface area contributed by atoms with Crippen molar-refractivity contribution in [1.29, 1.82) is 0 Å². The first-order valence-electron chi connectivity index (χ1n) is 10.1.